The number of rotatable bonds is 5. The van der Waals surface area contributed by atoms with Gasteiger partial charge in [0.1, 0.15) is 0 Å². The third-order valence-corrected chi connectivity index (χ3v) is 4.29. The molecule has 0 N–H and O–H groups in total. The molecular weight excluding hydrogens is 405 g/mol. The first kappa shape index (κ1) is 18.5. The molecule has 0 atom stereocenters. The molecule has 3 rings (SSSR count). The van der Waals surface area contributed by atoms with Crippen molar-refractivity contribution in [2.45, 2.75) is 19.8 Å². The highest BCUT2D eigenvalue weighted by molar-refractivity contribution is 14.1. The van der Waals surface area contributed by atoms with Crippen molar-refractivity contribution in [3.05, 3.63) is 91.0 Å². The Hall–Kier alpha value is -1.81. The number of alkyl halides is 1. The van der Waals surface area contributed by atoms with Crippen molar-refractivity contribution < 1.29 is 0 Å². The summed E-state index contributed by atoms with van der Waals surface area (Å²) < 4.78 is 1.31. The largest absolute Gasteiger partial charge is 0.311 e. The molecule has 0 unspecified atom stereocenters. The summed E-state index contributed by atoms with van der Waals surface area (Å²) in [6.45, 7) is 2.21. The zero-order valence-corrected chi connectivity index (χ0v) is 16.3. The topological polar surface area (TPSA) is 3.24 Å². The SMILES string of the molecule is CCCCI.c1ccc(N(c2ccccc2)c2ccccc2)cc1. The monoisotopic (exact) mass is 429 g/mol. The predicted octanol–water partition coefficient (Wildman–Crippen LogP) is 7.38. The second-order valence-electron chi connectivity index (χ2n) is 5.38. The maximum absolute atomic E-state index is 2.39. The lowest BCUT2D eigenvalue weighted by Crippen LogP contribution is -2.09. The van der Waals surface area contributed by atoms with Gasteiger partial charge in [0, 0.05) is 17.1 Å². The second-order valence-corrected chi connectivity index (χ2v) is 6.46. The van der Waals surface area contributed by atoms with Gasteiger partial charge in [0.05, 0.1) is 0 Å². The maximum atomic E-state index is 2.39. The van der Waals surface area contributed by atoms with Gasteiger partial charge >= 0.3 is 0 Å². The molecule has 0 aliphatic rings. The molecule has 0 aliphatic heterocycles. The lowest BCUT2D eigenvalue weighted by Gasteiger charge is -2.25. The van der Waals surface area contributed by atoms with Gasteiger partial charge in [-0.05, 0) is 47.2 Å². The van der Waals surface area contributed by atoms with Gasteiger partial charge in [-0.2, -0.15) is 0 Å². The fraction of sp³-hybridized carbons (Fsp3) is 0.182. The molecule has 0 amide bonds. The quantitative estimate of drug-likeness (QED) is 0.302. The van der Waals surface area contributed by atoms with Gasteiger partial charge in [-0.3, -0.25) is 0 Å². The summed E-state index contributed by atoms with van der Waals surface area (Å²) in [5.41, 5.74) is 3.50. The van der Waals surface area contributed by atoms with Crippen LogP contribution in [0.25, 0.3) is 0 Å². The van der Waals surface area contributed by atoms with Crippen LogP contribution in [0.4, 0.5) is 17.1 Å². The van der Waals surface area contributed by atoms with Crippen molar-refractivity contribution >= 4 is 39.7 Å². The minimum Gasteiger partial charge on any atom is -0.311 e. The highest BCUT2D eigenvalue weighted by atomic mass is 127. The lowest BCUT2D eigenvalue weighted by atomic mass is 10.2. The van der Waals surface area contributed by atoms with E-state index in [0.717, 1.165) is 0 Å². The minimum absolute atomic E-state index is 1.17. The van der Waals surface area contributed by atoms with Gasteiger partial charge in [0.2, 0.25) is 0 Å². The van der Waals surface area contributed by atoms with Crippen LogP contribution in [0, 0.1) is 0 Å². The molecule has 0 aromatic heterocycles. The lowest BCUT2D eigenvalue weighted by molar-refractivity contribution is 0.907. The summed E-state index contributed by atoms with van der Waals surface area (Å²) in [6, 6.07) is 31.3. The predicted molar refractivity (Wildman–Crippen MR) is 115 cm³/mol. The van der Waals surface area contributed by atoms with Gasteiger partial charge in [0.15, 0.2) is 0 Å². The van der Waals surface area contributed by atoms with E-state index < -0.39 is 0 Å². The summed E-state index contributed by atoms with van der Waals surface area (Å²) in [4.78, 5) is 2.25. The number of halogens is 1. The first-order valence-corrected chi connectivity index (χ1v) is 9.90. The van der Waals surface area contributed by atoms with E-state index in [-0.39, 0.29) is 0 Å². The van der Waals surface area contributed by atoms with Crippen molar-refractivity contribution in [1.82, 2.24) is 0 Å². The van der Waals surface area contributed by atoms with Crippen LogP contribution in [0.2, 0.25) is 0 Å². The van der Waals surface area contributed by atoms with Crippen molar-refractivity contribution in [3.63, 3.8) is 0 Å². The highest BCUT2D eigenvalue weighted by Gasteiger charge is 2.10. The molecule has 0 fully saturated rings. The van der Waals surface area contributed by atoms with E-state index in [1.165, 1.54) is 34.3 Å². The third kappa shape index (κ3) is 5.68. The molecule has 0 bridgehead atoms. The van der Waals surface area contributed by atoms with Crippen LogP contribution in [0.1, 0.15) is 19.8 Å². The van der Waals surface area contributed by atoms with Gasteiger partial charge in [-0.15, -0.1) is 0 Å². The molecular formula is C22H24IN. The third-order valence-electron chi connectivity index (χ3n) is 3.53. The highest BCUT2D eigenvalue weighted by Crippen LogP contribution is 2.33. The summed E-state index contributed by atoms with van der Waals surface area (Å²) in [6.07, 6.45) is 2.71. The number of anilines is 3. The van der Waals surface area contributed by atoms with Crippen LogP contribution in [-0.4, -0.2) is 4.43 Å². The molecule has 124 valence electrons. The number of benzene rings is 3. The number of unbranched alkanes of at least 4 members (excludes halogenated alkanes) is 1. The van der Waals surface area contributed by atoms with Crippen molar-refractivity contribution in [2.24, 2.45) is 0 Å². The minimum atomic E-state index is 1.17. The van der Waals surface area contributed by atoms with Crippen LogP contribution < -0.4 is 4.90 Å². The van der Waals surface area contributed by atoms with E-state index in [1.807, 2.05) is 18.2 Å². The molecule has 2 heteroatoms. The fourth-order valence-corrected chi connectivity index (χ4v) is 3.07. The summed E-state index contributed by atoms with van der Waals surface area (Å²) in [5, 5.41) is 0. The van der Waals surface area contributed by atoms with Crippen molar-refractivity contribution in [2.75, 3.05) is 9.33 Å². The average Bonchev–Trinajstić information content (AvgIpc) is 2.66. The van der Waals surface area contributed by atoms with Crippen LogP contribution in [0.3, 0.4) is 0 Å². The van der Waals surface area contributed by atoms with E-state index in [9.17, 15) is 0 Å². The molecule has 3 aromatic carbocycles. The number of hydrogen-bond acceptors (Lipinski definition) is 1. The van der Waals surface area contributed by atoms with Gasteiger partial charge in [-0.25, -0.2) is 0 Å². The Kier molecular flexibility index (Phi) is 8.39. The zero-order chi connectivity index (χ0) is 17.0. The number of nitrogens with zero attached hydrogens (tertiary/aromatic N) is 1. The standard InChI is InChI=1S/C18H15N.C4H9I/c1-4-10-16(11-5-1)19(17-12-6-2-7-13-17)18-14-8-3-9-15-18;1-2-3-4-5/h1-15H;2-4H2,1H3. The maximum Gasteiger partial charge on any atom is 0.0461 e. The molecule has 24 heavy (non-hydrogen) atoms. The summed E-state index contributed by atoms with van der Waals surface area (Å²) in [5.74, 6) is 0. The number of para-hydroxylation sites is 3. The molecule has 3 aromatic rings. The number of hydrogen-bond donors (Lipinski definition) is 0. The Morgan fingerprint density at radius 1 is 0.625 bits per heavy atom. The van der Waals surface area contributed by atoms with E-state index in [0.29, 0.717) is 0 Å². The Morgan fingerprint density at radius 3 is 1.17 bits per heavy atom. The van der Waals surface area contributed by atoms with Gasteiger partial charge in [-0.1, -0.05) is 90.5 Å². The summed E-state index contributed by atoms with van der Waals surface area (Å²) in [7, 11) is 0. The smallest absolute Gasteiger partial charge is 0.0461 e. The molecule has 0 saturated heterocycles. The van der Waals surface area contributed by atoms with E-state index in [4.69, 9.17) is 0 Å². The molecule has 1 nitrogen and oxygen atoms in total. The van der Waals surface area contributed by atoms with Crippen LogP contribution in [-0.2, 0) is 0 Å². The van der Waals surface area contributed by atoms with Gasteiger partial charge < -0.3 is 4.90 Å². The molecule has 0 aliphatic carbocycles. The van der Waals surface area contributed by atoms with Crippen molar-refractivity contribution in [1.29, 1.82) is 0 Å². The first-order chi connectivity index (χ1) is 11.9. The van der Waals surface area contributed by atoms with E-state index >= 15 is 0 Å². The fourth-order valence-electron chi connectivity index (χ4n) is 2.31. The van der Waals surface area contributed by atoms with Crippen LogP contribution in [0.5, 0.6) is 0 Å². The normalized spacial score (nSPS) is 9.75. The van der Waals surface area contributed by atoms with Crippen LogP contribution in [0.15, 0.2) is 91.0 Å². The Labute approximate surface area is 159 Å². The average molecular weight is 429 g/mol. The molecule has 0 radical (unpaired) electrons. The summed E-state index contributed by atoms with van der Waals surface area (Å²) >= 11 is 2.39. The molecule has 0 spiro atoms. The van der Waals surface area contributed by atoms with Crippen LogP contribution >= 0.6 is 22.6 Å². The zero-order valence-electron chi connectivity index (χ0n) is 14.1. The first-order valence-electron chi connectivity index (χ1n) is 8.38. The second kappa shape index (κ2) is 10.9. The molecule has 0 heterocycles. The van der Waals surface area contributed by atoms with Gasteiger partial charge in [0.25, 0.3) is 0 Å². The van der Waals surface area contributed by atoms with E-state index in [1.54, 1.807) is 0 Å². The van der Waals surface area contributed by atoms with E-state index in [2.05, 4.69) is 107 Å². The van der Waals surface area contributed by atoms with Crippen molar-refractivity contribution in [3.8, 4) is 0 Å². The molecule has 0 saturated carbocycles. The Morgan fingerprint density at radius 2 is 0.958 bits per heavy atom. The Balaban J connectivity index is 0.000000368. The Bertz CT molecular complexity index is 572.